The van der Waals surface area contributed by atoms with E-state index in [9.17, 15) is 0 Å². The highest BCUT2D eigenvalue weighted by atomic mass is 16.5. The SMILES string of the molecule is C=CC1CCCC12COC(C)(C)C2. The Morgan fingerprint density at radius 1 is 1.46 bits per heavy atom. The maximum atomic E-state index is 5.86. The first-order valence-electron chi connectivity index (χ1n) is 5.35. The van der Waals surface area contributed by atoms with Gasteiger partial charge in [-0.15, -0.1) is 6.58 Å². The van der Waals surface area contributed by atoms with E-state index in [-0.39, 0.29) is 5.60 Å². The lowest BCUT2D eigenvalue weighted by molar-refractivity contribution is 0.0298. The maximum absolute atomic E-state index is 5.86. The molecule has 2 aliphatic rings. The Morgan fingerprint density at radius 3 is 2.77 bits per heavy atom. The predicted molar refractivity (Wildman–Crippen MR) is 54.6 cm³/mol. The van der Waals surface area contributed by atoms with Crippen molar-refractivity contribution in [3.05, 3.63) is 12.7 Å². The van der Waals surface area contributed by atoms with Gasteiger partial charge in [0.15, 0.2) is 0 Å². The quantitative estimate of drug-likeness (QED) is 0.563. The molecule has 13 heavy (non-hydrogen) atoms. The molecule has 1 saturated carbocycles. The van der Waals surface area contributed by atoms with Crippen LogP contribution in [-0.4, -0.2) is 12.2 Å². The normalized spacial score (nSPS) is 42.8. The number of hydrogen-bond donors (Lipinski definition) is 0. The predicted octanol–water partition coefficient (Wildman–Crippen LogP) is 3.16. The molecule has 0 aromatic heterocycles. The van der Waals surface area contributed by atoms with Gasteiger partial charge in [0.2, 0.25) is 0 Å². The van der Waals surface area contributed by atoms with E-state index in [1.54, 1.807) is 0 Å². The van der Waals surface area contributed by atoms with Crippen molar-refractivity contribution in [1.82, 2.24) is 0 Å². The van der Waals surface area contributed by atoms with E-state index in [4.69, 9.17) is 4.74 Å². The Bertz CT molecular complexity index is 219. The summed E-state index contributed by atoms with van der Waals surface area (Å²) in [5.74, 6) is 0.703. The second-order valence-corrected chi connectivity index (χ2v) is 5.32. The smallest absolute Gasteiger partial charge is 0.0633 e. The lowest BCUT2D eigenvalue weighted by Crippen LogP contribution is -2.26. The molecular formula is C12H20O. The number of ether oxygens (including phenoxy) is 1. The molecule has 1 heterocycles. The van der Waals surface area contributed by atoms with Crippen LogP contribution in [0.5, 0.6) is 0 Å². The van der Waals surface area contributed by atoms with Crippen LogP contribution < -0.4 is 0 Å². The fourth-order valence-corrected chi connectivity index (χ4v) is 3.22. The lowest BCUT2D eigenvalue weighted by Gasteiger charge is -2.28. The van der Waals surface area contributed by atoms with Gasteiger partial charge < -0.3 is 4.74 Å². The molecular weight excluding hydrogens is 160 g/mol. The maximum Gasteiger partial charge on any atom is 0.0633 e. The first-order chi connectivity index (χ1) is 6.08. The van der Waals surface area contributed by atoms with Crippen LogP contribution in [0.1, 0.15) is 39.5 Å². The standard InChI is InChI=1S/C12H20O/c1-4-10-6-5-7-12(10)8-11(2,3)13-9-12/h4,10H,1,5-9H2,2-3H3. The summed E-state index contributed by atoms with van der Waals surface area (Å²) >= 11 is 0. The largest absolute Gasteiger partial charge is 0.375 e. The van der Waals surface area contributed by atoms with Crippen molar-refractivity contribution in [1.29, 1.82) is 0 Å². The van der Waals surface area contributed by atoms with Crippen molar-refractivity contribution in [2.24, 2.45) is 11.3 Å². The third kappa shape index (κ3) is 1.43. The van der Waals surface area contributed by atoms with Crippen molar-refractivity contribution in [2.45, 2.75) is 45.1 Å². The van der Waals surface area contributed by atoms with Gasteiger partial charge in [0.25, 0.3) is 0 Å². The van der Waals surface area contributed by atoms with Gasteiger partial charge in [-0.05, 0) is 39.0 Å². The molecule has 0 bridgehead atoms. The lowest BCUT2D eigenvalue weighted by atomic mass is 9.74. The summed E-state index contributed by atoms with van der Waals surface area (Å²) < 4.78 is 5.86. The van der Waals surface area contributed by atoms with Crippen molar-refractivity contribution in [3.63, 3.8) is 0 Å². The minimum atomic E-state index is 0.103. The van der Waals surface area contributed by atoms with Gasteiger partial charge in [-0.2, -0.15) is 0 Å². The van der Waals surface area contributed by atoms with E-state index in [0.29, 0.717) is 11.3 Å². The molecule has 74 valence electrons. The number of hydrogen-bond acceptors (Lipinski definition) is 1. The van der Waals surface area contributed by atoms with Gasteiger partial charge in [0.05, 0.1) is 12.2 Å². The molecule has 0 N–H and O–H groups in total. The summed E-state index contributed by atoms with van der Waals surface area (Å²) in [7, 11) is 0. The summed E-state index contributed by atoms with van der Waals surface area (Å²) in [6.45, 7) is 9.33. The van der Waals surface area contributed by atoms with Crippen LogP contribution in [0.4, 0.5) is 0 Å². The molecule has 2 rings (SSSR count). The van der Waals surface area contributed by atoms with Crippen LogP contribution in [0.25, 0.3) is 0 Å². The van der Waals surface area contributed by atoms with Gasteiger partial charge in [-0.25, -0.2) is 0 Å². The fourth-order valence-electron chi connectivity index (χ4n) is 3.22. The Morgan fingerprint density at radius 2 is 2.23 bits per heavy atom. The first-order valence-corrected chi connectivity index (χ1v) is 5.35. The zero-order valence-electron chi connectivity index (χ0n) is 8.81. The third-order valence-corrected chi connectivity index (χ3v) is 3.79. The highest BCUT2D eigenvalue weighted by Gasteiger charge is 2.50. The van der Waals surface area contributed by atoms with E-state index >= 15 is 0 Å². The van der Waals surface area contributed by atoms with E-state index in [1.165, 1.54) is 25.7 Å². The minimum absolute atomic E-state index is 0.103. The summed E-state index contributed by atoms with van der Waals surface area (Å²) in [5.41, 5.74) is 0.552. The van der Waals surface area contributed by atoms with Crippen molar-refractivity contribution in [2.75, 3.05) is 6.61 Å². The van der Waals surface area contributed by atoms with Crippen LogP contribution >= 0.6 is 0 Å². The second-order valence-electron chi connectivity index (χ2n) is 5.32. The van der Waals surface area contributed by atoms with E-state index < -0.39 is 0 Å². The van der Waals surface area contributed by atoms with Crippen molar-refractivity contribution < 1.29 is 4.74 Å². The molecule has 0 amide bonds. The Hall–Kier alpha value is -0.300. The molecule has 2 fully saturated rings. The van der Waals surface area contributed by atoms with Gasteiger partial charge in [-0.3, -0.25) is 0 Å². The highest BCUT2D eigenvalue weighted by Crippen LogP contribution is 2.53. The Labute approximate surface area is 81.2 Å². The molecule has 1 saturated heterocycles. The topological polar surface area (TPSA) is 9.23 Å². The van der Waals surface area contributed by atoms with Crippen LogP contribution in [0.3, 0.4) is 0 Å². The van der Waals surface area contributed by atoms with Crippen LogP contribution in [-0.2, 0) is 4.74 Å². The second kappa shape index (κ2) is 2.84. The van der Waals surface area contributed by atoms with Crippen LogP contribution in [0.15, 0.2) is 12.7 Å². The molecule has 0 radical (unpaired) electrons. The Kier molecular flexibility index (Phi) is 2.03. The molecule has 2 unspecified atom stereocenters. The Balaban J connectivity index is 2.17. The highest BCUT2D eigenvalue weighted by molar-refractivity contribution is 5.05. The average Bonchev–Trinajstić information content (AvgIpc) is 2.57. The molecule has 1 heteroatoms. The van der Waals surface area contributed by atoms with Gasteiger partial charge in [0, 0.05) is 5.41 Å². The zero-order chi connectivity index (χ0) is 9.53. The molecule has 1 aliphatic heterocycles. The molecule has 1 spiro atoms. The van der Waals surface area contributed by atoms with E-state index in [1.807, 2.05) is 0 Å². The molecule has 2 atom stereocenters. The summed E-state index contributed by atoms with van der Waals surface area (Å²) in [6, 6.07) is 0. The van der Waals surface area contributed by atoms with Gasteiger partial charge in [-0.1, -0.05) is 12.5 Å². The minimum Gasteiger partial charge on any atom is -0.375 e. The van der Waals surface area contributed by atoms with E-state index in [0.717, 1.165) is 6.61 Å². The summed E-state index contributed by atoms with van der Waals surface area (Å²) in [6.07, 6.45) is 7.39. The molecule has 1 aliphatic carbocycles. The third-order valence-electron chi connectivity index (χ3n) is 3.79. The van der Waals surface area contributed by atoms with Gasteiger partial charge in [0.1, 0.15) is 0 Å². The summed E-state index contributed by atoms with van der Waals surface area (Å²) in [5, 5.41) is 0. The average molecular weight is 180 g/mol. The van der Waals surface area contributed by atoms with Crippen LogP contribution in [0.2, 0.25) is 0 Å². The van der Waals surface area contributed by atoms with Crippen molar-refractivity contribution >= 4 is 0 Å². The zero-order valence-corrected chi connectivity index (χ0v) is 8.81. The monoisotopic (exact) mass is 180 g/mol. The molecule has 1 nitrogen and oxygen atoms in total. The fraction of sp³-hybridized carbons (Fsp3) is 0.833. The number of allylic oxidation sites excluding steroid dienone is 1. The molecule has 0 aromatic rings. The number of rotatable bonds is 1. The van der Waals surface area contributed by atoms with Crippen molar-refractivity contribution in [3.8, 4) is 0 Å². The van der Waals surface area contributed by atoms with Gasteiger partial charge >= 0.3 is 0 Å². The van der Waals surface area contributed by atoms with Crippen LogP contribution in [0, 0.1) is 11.3 Å². The first kappa shape index (κ1) is 9.26. The summed E-state index contributed by atoms with van der Waals surface area (Å²) in [4.78, 5) is 0. The van der Waals surface area contributed by atoms with E-state index in [2.05, 4.69) is 26.5 Å². The molecule has 0 aromatic carbocycles.